The van der Waals surface area contributed by atoms with E-state index in [1.165, 1.54) is 4.70 Å². The van der Waals surface area contributed by atoms with E-state index in [2.05, 4.69) is 59.5 Å². The molecule has 2 heterocycles. The lowest BCUT2D eigenvalue weighted by molar-refractivity contribution is 0.477. The summed E-state index contributed by atoms with van der Waals surface area (Å²) < 4.78 is 7.32. The van der Waals surface area contributed by atoms with E-state index in [1.807, 2.05) is 42.5 Å². The minimum Gasteiger partial charge on any atom is -0.453 e. The number of thiazole rings is 1. The predicted octanol–water partition coefficient (Wildman–Crippen LogP) is 7.54. The second-order valence-corrected chi connectivity index (χ2v) is 7.94. The van der Waals surface area contributed by atoms with Crippen molar-refractivity contribution in [1.29, 1.82) is 0 Å². The van der Waals surface area contributed by atoms with Crippen molar-refractivity contribution in [1.82, 2.24) is 4.98 Å². The van der Waals surface area contributed by atoms with Gasteiger partial charge in [-0.25, -0.2) is 4.98 Å². The summed E-state index contributed by atoms with van der Waals surface area (Å²) in [6.07, 6.45) is 0. The fraction of sp³-hybridized carbons (Fsp3) is 0. The van der Waals surface area contributed by atoms with Crippen LogP contribution in [0.4, 0.5) is 17.1 Å². The van der Waals surface area contributed by atoms with Crippen LogP contribution in [0.25, 0.3) is 20.8 Å². The number of benzene rings is 4. The van der Waals surface area contributed by atoms with E-state index < -0.39 is 0 Å². The summed E-state index contributed by atoms with van der Waals surface area (Å²) in [4.78, 5) is 7.03. The summed E-state index contributed by atoms with van der Waals surface area (Å²) in [6, 6.07) is 33.1. The normalized spacial score (nSPS) is 12.3. The van der Waals surface area contributed by atoms with Crippen LogP contribution in [0.1, 0.15) is 0 Å². The van der Waals surface area contributed by atoms with E-state index in [1.54, 1.807) is 11.3 Å². The van der Waals surface area contributed by atoms with Crippen molar-refractivity contribution in [2.75, 3.05) is 4.90 Å². The van der Waals surface area contributed by atoms with E-state index in [-0.39, 0.29) is 0 Å². The van der Waals surface area contributed by atoms with Gasteiger partial charge in [-0.3, -0.25) is 0 Å². The van der Waals surface area contributed by atoms with Gasteiger partial charge in [-0.2, -0.15) is 0 Å². The molecule has 0 amide bonds. The van der Waals surface area contributed by atoms with Gasteiger partial charge in [-0.05, 0) is 60.7 Å². The molecular weight excluding hydrogens is 376 g/mol. The third kappa shape index (κ3) is 2.69. The summed E-state index contributed by atoms with van der Waals surface area (Å²) in [5, 5.41) is 1.04. The Morgan fingerprint density at radius 1 is 0.655 bits per heavy atom. The highest BCUT2D eigenvalue weighted by Gasteiger charge is 2.25. The van der Waals surface area contributed by atoms with Crippen LogP contribution >= 0.6 is 11.3 Å². The van der Waals surface area contributed by atoms with E-state index in [0.29, 0.717) is 0 Å². The Hall–Kier alpha value is -3.63. The maximum atomic E-state index is 6.11. The second kappa shape index (κ2) is 6.47. The van der Waals surface area contributed by atoms with Crippen molar-refractivity contribution in [2.24, 2.45) is 0 Å². The topological polar surface area (TPSA) is 25.4 Å². The Morgan fingerprint density at radius 3 is 1.97 bits per heavy atom. The Balaban J connectivity index is 1.44. The first kappa shape index (κ1) is 16.3. The maximum absolute atomic E-state index is 6.11. The lowest BCUT2D eigenvalue weighted by Gasteiger charge is -2.32. The Labute approximate surface area is 172 Å². The molecule has 4 heteroatoms. The molecule has 0 spiro atoms. The quantitative estimate of drug-likeness (QED) is 0.304. The molecule has 0 bridgehead atoms. The molecule has 4 aromatic carbocycles. The van der Waals surface area contributed by atoms with Gasteiger partial charge in [0.25, 0.3) is 0 Å². The highest BCUT2D eigenvalue weighted by atomic mass is 32.1. The van der Waals surface area contributed by atoms with Crippen molar-refractivity contribution in [3.8, 4) is 22.1 Å². The predicted molar refractivity (Wildman–Crippen MR) is 120 cm³/mol. The number of ether oxygens (including phenoxy) is 1. The Kier molecular flexibility index (Phi) is 3.64. The van der Waals surface area contributed by atoms with Crippen molar-refractivity contribution in [3.05, 3.63) is 97.1 Å². The van der Waals surface area contributed by atoms with Gasteiger partial charge in [0.2, 0.25) is 0 Å². The monoisotopic (exact) mass is 392 g/mol. The molecule has 0 fully saturated rings. The highest BCUT2D eigenvalue weighted by Crippen LogP contribution is 2.50. The molecule has 5 aromatic rings. The van der Waals surface area contributed by atoms with Gasteiger partial charge in [0.05, 0.1) is 21.6 Å². The molecule has 0 saturated heterocycles. The van der Waals surface area contributed by atoms with E-state index in [4.69, 9.17) is 9.72 Å². The van der Waals surface area contributed by atoms with Gasteiger partial charge >= 0.3 is 0 Å². The van der Waals surface area contributed by atoms with Crippen LogP contribution in [-0.4, -0.2) is 4.98 Å². The Bertz CT molecular complexity index is 1260. The molecule has 138 valence electrons. The fourth-order valence-corrected chi connectivity index (χ4v) is 4.70. The lowest BCUT2D eigenvalue weighted by atomic mass is 10.1. The molecule has 1 aliphatic heterocycles. The molecule has 0 N–H and O–H groups in total. The summed E-state index contributed by atoms with van der Waals surface area (Å²) in [5.41, 5.74) is 5.35. The highest BCUT2D eigenvalue weighted by molar-refractivity contribution is 7.21. The average Bonchev–Trinajstić information content (AvgIpc) is 3.22. The molecule has 0 atom stereocenters. The van der Waals surface area contributed by atoms with Gasteiger partial charge in [0.15, 0.2) is 11.5 Å². The summed E-state index contributed by atoms with van der Waals surface area (Å²) >= 11 is 1.72. The largest absolute Gasteiger partial charge is 0.453 e. The number of nitrogens with zero attached hydrogens (tertiary/aromatic N) is 2. The first-order chi connectivity index (χ1) is 14.4. The molecule has 0 unspecified atom stereocenters. The molecule has 6 rings (SSSR count). The average molecular weight is 392 g/mol. The fourth-order valence-electron chi connectivity index (χ4n) is 3.73. The molecule has 1 aromatic heterocycles. The molecule has 1 aliphatic rings. The molecule has 0 aliphatic carbocycles. The number of rotatable bonds is 2. The van der Waals surface area contributed by atoms with Crippen LogP contribution in [0.15, 0.2) is 97.1 Å². The van der Waals surface area contributed by atoms with Crippen LogP contribution in [0.5, 0.6) is 11.5 Å². The first-order valence-corrected chi connectivity index (χ1v) is 10.3. The zero-order valence-corrected chi connectivity index (χ0v) is 16.3. The number of fused-ring (bicyclic) bond motifs is 3. The third-order valence-electron chi connectivity index (χ3n) is 5.10. The molecule has 0 radical (unpaired) electrons. The molecule has 3 nitrogen and oxygen atoms in total. The van der Waals surface area contributed by atoms with Gasteiger partial charge in [0, 0.05) is 11.3 Å². The lowest BCUT2D eigenvalue weighted by Crippen LogP contribution is -2.15. The van der Waals surface area contributed by atoms with E-state index in [9.17, 15) is 0 Å². The van der Waals surface area contributed by atoms with Gasteiger partial charge in [-0.1, -0.05) is 36.4 Å². The van der Waals surface area contributed by atoms with Crippen LogP contribution in [-0.2, 0) is 0 Å². The minimum absolute atomic E-state index is 0.862. The molecule has 29 heavy (non-hydrogen) atoms. The van der Waals surface area contributed by atoms with E-state index >= 15 is 0 Å². The third-order valence-corrected chi connectivity index (χ3v) is 6.18. The number of hydrogen-bond donors (Lipinski definition) is 0. The molecule has 0 saturated carbocycles. The zero-order valence-electron chi connectivity index (χ0n) is 15.4. The summed E-state index contributed by atoms with van der Waals surface area (Å²) in [5.74, 6) is 1.72. The Morgan fingerprint density at radius 2 is 1.28 bits per heavy atom. The summed E-state index contributed by atoms with van der Waals surface area (Å²) in [6.45, 7) is 0. The van der Waals surface area contributed by atoms with Crippen LogP contribution in [0.3, 0.4) is 0 Å². The van der Waals surface area contributed by atoms with Gasteiger partial charge in [-0.15, -0.1) is 11.3 Å². The number of para-hydroxylation sites is 5. The van der Waals surface area contributed by atoms with E-state index in [0.717, 1.165) is 44.6 Å². The smallest absolute Gasteiger partial charge is 0.151 e. The van der Waals surface area contributed by atoms with Gasteiger partial charge in [0.1, 0.15) is 5.01 Å². The number of aromatic nitrogens is 1. The van der Waals surface area contributed by atoms with Crippen LogP contribution in [0, 0.1) is 0 Å². The number of anilines is 3. The van der Waals surface area contributed by atoms with Crippen molar-refractivity contribution in [2.45, 2.75) is 0 Å². The van der Waals surface area contributed by atoms with Crippen LogP contribution < -0.4 is 9.64 Å². The second-order valence-electron chi connectivity index (χ2n) is 6.91. The number of hydrogen-bond acceptors (Lipinski definition) is 4. The first-order valence-electron chi connectivity index (χ1n) is 9.49. The van der Waals surface area contributed by atoms with Crippen molar-refractivity contribution < 1.29 is 4.74 Å². The zero-order chi connectivity index (χ0) is 19.2. The summed E-state index contributed by atoms with van der Waals surface area (Å²) in [7, 11) is 0. The maximum Gasteiger partial charge on any atom is 0.151 e. The van der Waals surface area contributed by atoms with Gasteiger partial charge < -0.3 is 9.64 Å². The standard InChI is InChI=1S/C25H16N2OS/c1-6-12-24-19(7-1)26-25(29-24)17-13-15-18(16-14-17)27-20-8-2-4-10-22(20)28-23-11-5-3-9-21(23)27/h1-16H. The van der Waals surface area contributed by atoms with Crippen molar-refractivity contribution in [3.63, 3.8) is 0 Å². The SMILES string of the molecule is c1ccc2c(c1)Oc1ccccc1N2c1ccc(-c2nc3ccccc3s2)cc1. The van der Waals surface area contributed by atoms with Crippen LogP contribution in [0.2, 0.25) is 0 Å². The minimum atomic E-state index is 0.862. The van der Waals surface area contributed by atoms with Crippen molar-refractivity contribution >= 4 is 38.6 Å². The molecular formula is C25H16N2OS.